The number of hydrogen-bond acceptors (Lipinski definition) is 4. The average Bonchev–Trinajstić information content (AvgIpc) is 3.46. The van der Waals surface area contributed by atoms with Gasteiger partial charge in [0.05, 0.1) is 12.3 Å². The molecule has 0 saturated carbocycles. The summed E-state index contributed by atoms with van der Waals surface area (Å²) in [7, 11) is 3.99. The van der Waals surface area contributed by atoms with Crippen molar-refractivity contribution in [3.63, 3.8) is 0 Å². The normalized spacial score (nSPS) is 17.4. The summed E-state index contributed by atoms with van der Waals surface area (Å²) in [5.74, 6) is 1.85. The maximum atomic E-state index is 5.71. The molecule has 2 heterocycles. The number of furan rings is 1. The minimum atomic E-state index is 0.240. The summed E-state index contributed by atoms with van der Waals surface area (Å²) in [6, 6.07) is 15.2. The van der Waals surface area contributed by atoms with Crippen LogP contribution in [0.15, 0.2) is 58.1 Å². The molecular formula is C23H35N5O. The molecule has 2 atom stereocenters. The summed E-state index contributed by atoms with van der Waals surface area (Å²) in [6.07, 6.45) is 4.28. The van der Waals surface area contributed by atoms with Gasteiger partial charge in [-0.1, -0.05) is 30.3 Å². The van der Waals surface area contributed by atoms with E-state index in [0.717, 1.165) is 44.4 Å². The van der Waals surface area contributed by atoms with Gasteiger partial charge in [-0.15, -0.1) is 0 Å². The third-order valence-corrected chi connectivity index (χ3v) is 5.73. The van der Waals surface area contributed by atoms with Crippen molar-refractivity contribution < 1.29 is 4.42 Å². The van der Waals surface area contributed by atoms with Crippen LogP contribution in [0.25, 0.3) is 0 Å². The molecule has 6 nitrogen and oxygen atoms in total. The SMILES string of the molecule is CN=C(NCC(C)N(C)Cc1ccccc1)NCC(c1ccco1)N1CCCC1. The fraction of sp³-hybridized carbons (Fsp3) is 0.522. The Hall–Kier alpha value is -2.31. The van der Waals surface area contributed by atoms with Gasteiger partial charge < -0.3 is 15.1 Å². The molecule has 1 aromatic heterocycles. The predicted octanol–water partition coefficient (Wildman–Crippen LogP) is 3.10. The summed E-state index contributed by atoms with van der Waals surface area (Å²) in [6.45, 7) is 7.03. The highest BCUT2D eigenvalue weighted by Crippen LogP contribution is 2.24. The first-order valence-corrected chi connectivity index (χ1v) is 10.6. The van der Waals surface area contributed by atoms with Crippen molar-refractivity contribution >= 4 is 5.96 Å². The molecule has 0 aliphatic carbocycles. The lowest BCUT2D eigenvalue weighted by atomic mass is 10.2. The van der Waals surface area contributed by atoms with Crippen LogP contribution in [0.4, 0.5) is 0 Å². The van der Waals surface area contributed by atoms with E-state index in [2.05, 4.69) is 75.8 Å². The topological polar surface area (TPSA) is 56.0 Å². The molecule has 2 unspecified atom stereocenters. The summed E-state index contributed by atoms with van der Waals surface area (Å²) >= 11 is 0. The highest BCUT2D eigenvalue weighted by Gasteiger charge is 2.25. The number of aliphatic imine (C=N–C) groups is 1. The smallest absolute Gasteiger partial charge is 0.191 e. The molecule has 0 bridgehead atoms. The maximum absolute atomic E-state index is 5.71. The van der Waals surface area contributed by atoms with E-state index in [-0.39, 0.29) is 6.04 Å². The molecule has 1 aromatic carbocycles. The quantitative estimate of drug-likeness (QED) is 0.503. The minimum absolute atomic E-state index is 0.240. The van der Waals surface area contributed by atoms with Crippen LogP contribution in [0.3, 0.4) is 0 Å². The first-order valence-electron chi connectivity index (χ1n) is 10.6. The van der Waals surface area contributed by atoms with Crippen LogP contribution in [-0.2, 0) is 6.54 Å². The van der Waals surface area contributed by atoms with Gasteiger partial charge >= 0.3 is 0 Å². The lowest BCUT2D eigenvalue weighted by molar-refractivity contribution is 0.215. The summed E-state index contributed by atoms with van der Waals surface area (Å²) in [5, 5.41) is 6.97. The molecule has 29 heavy (non-hydrogen) atoms. The van der Waals surface area contributed by atoms with Crippen molar-refractivity contribution in [1.82, 2.24) is 20.4 Å². The first kappa shape index (κ1) is 21.4. The van der Waals surface area contributed by atoms with Crippen molar-refractivity contribution in [3.05, 3.63) is 60.1 Å². The number of benzene rings is 1. The van der Waals surface area contributed by atoms with Gasteiger partial charge in [0.15, 0.2) is 5.96 Å². The Balaban J connectivity index is 1.48. The van der Waals surface area contributed by atoms with Crippen LogP contribution in [0.2, 0.25) is 0 Å². The average molecular weight is 398 g/mol. The van der Waals surface area contributed by atoms with Crippen LogP contribution < -0.4 is 10.6 Å². The van der Waals surface area contributed by atoms with E-state index in [1.165, 1.54) is 18.4 Å². The molecule has 0 amide bonds. The van der Waals surface area contributed by atoms with Gasteiger partial charge in [0.1, 0.15) is 5.76 Å². The molecule has 0 radical (unpaired) electrons. The lowest BCUT2D eigenvalue weighted by Crippen LogP contribution is -2.46. The van der Waals surface area contributed by atoms with Gasteiger partial charge in [-0.2, -0.15) is 0 Å². The number of nitrogens with zero attached hydrogens (tertiary/aromatic N) is 3. The van der Waals surface area contributed by atoms with Crippen molar-refractivity contribution in [1.29, 1.82) is 0 Å². The van der Waals surface area contributed by atoms with E-state index < -0.39 is 0 Å². The molecule has 6 heteroatoms. The number of hydrogen-bond donors (Lipinski definition) is 2. The van der Waals surface area contributed by atoms with Gasteiger partial charge in [0.2, 0.25) is 0 Å². The zero-order chi connectivity index (χ0) is 20.5. The zero-order valence-corrected chi connectivity index (χ0v) is 18.0. The maximum Gasteiger partial charge on any atom is 0.191 e. The van der Waals surface area contributed by atoms with E-state index in [9.17, 15) is 0 Å². The van der Waals surface area contributed by atoms with Gasteiger partial charge in [0.25, 0.3) is 0 Å². The number of rotatable bonds is 9. The fourth-order valence-electron chi connectivity index (χ4n) is 3.79. The van der Waals surface area contributed by atoms with Gasteiger partial charge in [0, 0.05) is 32.7 Å². The molecule has 1 fully saturated rings. The Labute approximate surface area is 175 Å². The predicted molar refractivity (Wildman–Crippen MR) is 119 cm³/mol. The summed E-state index contributed by atoms with van der Waals surface area (Å²) in [5.41, 5.74) is 1.33. The molecule has 2 N–H and O–H groups in total. The minimum Gasteiger partial charge on any atom is -0.468 e. The number of guanidine groups is 1. The second-order valence-electron chi connectivity index (χ2n) is 7.86. The third-order valence-electron chi connectivity index (χ3n) is 5.73. The van der Waals surface area contributed by atoms with E-state index in [1.807, 2.05) is 13.1 Å². The standard InChI is InChI=1S/C23H35N5O/c1-19(27(3)18-20-10-5-4-6-11-20)16-25-23(24-2)26-17-21(22-12-9-15-29-22)28-13-7-8-14-28/h4-6,9-12,15,19,21H,7-8,13-14,16-18H2,1-3H3,(H2,24,25,26). The Bertz CT molecular complexity index is 725. The number of likely N-dealkylation sites (N-methyl/N-ethyl adjacent to an activating group) is 1. The van der Waals surface area contributed by atoms with Gasteiger partial charge in [-0.3, -0.25) is 14.8 Å². The fourth-order valence-corrected chi connectivity index (χ4v) is 3.79. The van der Waals surface area contributed by atoms with E-state index >= 15 is 0 Å². The van der Waals surface area contributed by atoms with Crippen LogP contribution in [0.5, 0.6) is 0 Å². The van der Waals surface area contributed by atoms with Crippen LogP contribution in [-0.4, -0.2) is 62.1 Å². The van der Waals surface area contributed by atoms with Crippen molar-refractivity contribution in [2.75, 3.05) is 40.3 Å². The third kappa shape index (κ3) is 6.34. The molecule has 0 spiro atoms. The Kier molecular flexibility index (Phi) is 8.14. The highest BCUT2D eigenvalue weighted by molar-refractivity contribution is 5.79. The van der Waals surface area contributed by atoms with Gasteiger partial charge in [-0.05, 0) is 57.6 Å². The molecule has 3 rings (SSSR count). The van der Waals surface area contributed by atoms with Crippen LogP contribution >= 0.6 is 0 Å². The highest BCUT2D eigenvalue weighted by atomic mass is 16.3. The Morgan fingerprint density at radius 2 is 1.83 bits per heavy atom. The molecule has 1 aliphatic heterocycles. The van der Waals surface area contributed by atoms with Crippen LogP contribution in [0, 0.1) is 0 Å². The lowest BCUT2D eigenvalue weighted by Gasteiger charge is -2.28. The first-order chi connectivity index (χ1) is 14.2. The van der Waals surface area contributed by atoms with Crippen molar-refractivity contribution in [3.8, 4) is 0 Å². The van der Waals surface area contributed by atoms with E-state index in [1.54, 1.807) is 6.26 Å². The van der Waals surface area contributed by atoms with E-state index in [4.69, 9.17) is 4.42 Å². The summed E-state index contributed by atoms with van der Waals surface area (Å²) in [4.78, 5) is 9.26. The van der Waals surface area contributed by atoms with Crippen molar-refractivity contribution in [2.45, 2.75) is 38.4 Å². The molecule has 1 aliphatic rings. The zero-order valence-electron chi connectivity index (χ0n) is 18.0. The monoisotopic (exact) mass is 397 g/mol. The molecule has 158 valence electrons. The summed E-state index contributed by atoms with van der Waals surface area (Å²) < 4.78 is 5.71. The number of nitrogens with one attached hydrogen (secondary N) is 2. The Morgan fingerprint density at radius 3 is 2.48 bits per heavy atom. The van der Waals surface area contributed by atoms with Crippen LogP contribution in [0.1, 0.15) is 37.1 Å². The largest absolute Gasteiger partial charge is 0.468 e. The second-order valence-corrected chi connectivity index (χ2v) is 7.86. The molecular weight excluding hydrogens is 362 g/mol. The number of likely N-dealkylation sites (tertiary alicyclic amines) is 1. The van der Waals surface area contributed by atoms with Crippen molar-refractivity contribution in [2.24, 2.45) is 4.99 Å². The Morgan fingerprint density at radius 1 is 1.10 bits per heavy atom. The van der Waals surface area contributed by atoms with Gasteiger partial charge in [-0.25, -0.2) is 0 Å². The second kappa shape index (κ2) is 11.0. The molecule has 1 saturated heterocycles. The van der Waals surface area contributed by atoms with E-state index in [0.29, 0.717) is 6.04 Å². The molecule has 2 aromatic rings.